The Kier molecular flexibility index (Phi) is 2.90. The van der Waals surface area contributed by atoms with Crippen LogP contribution in [0.1, 0.15) is 22.3 Å². The molecule has 1 N–H and O–H groups in total. The molecule has 1 aromatic carbocycles. The van der Waals surface area contributed by atoms with Crippen LogP contribution in [0.25, 0.3) is 5.70 Å². The van der Waals surface area contributed by atoms with Gasteiger partial charge in [0.1, 0.15) is 6.04 Å². The number of aliphatic carboxylic acids is 1. The van der Waals surface area contributed by atoms with Gasteiger partial charge in [-0.15, -0.1) is 12.3 Å². The zero-order valence-electron chi connectivity index (χ0n) is 9.59. The Morgan fingerprint density at radius 3 is 2.56 bits per heavy atom. The van der Waals surface area contributed by atoms with Crippen LogP contribution in [-0.2, 0) is 4.79 Å². The van der Waals surface area contributed by atoms with Crippen molar-refractivity contribution in [2.75, 3.05) is 0 Å². The van der Waals surface area contributed by atoms with Crippen LogP contribution in [0.3, 0.4) is 0 Å². The van der Waals surface area contributed by atoms with Crippen molar-refractivity contribution in [2.45, 2.75) is 12.5 Å². The summed E-state index contributed by atoms with van der Waals surface area (Å²) in [7, 11) is 0. The van der Waals surface area contributed by atoms with Crippen LogP contribution in [0.4, 0.5) is 0 Å². The first kappa shape index (κ1) is 11.9. The van der Waals surface area contributed by atoms with Gasteiger partial charge in [-0.2, -0.15) is 0 Å². The summed E-state index contributed by atoms with van der Waals surface area (Å²) in [4.78, 5) is 24.5. The van der Waals surface area contributed by atoms with Gasteiger partial charge in [-0.25, -0.2) is 4.79 Å². The second-order valence-corrected chi connectivity index (χ2v) is 3.93. The van der Waals surface area contributed by atoms with Gasteiger partial charge in [0.2, 0.25) is 0 Å². The van der Waals surface area contributed by atoms with E-state index >= 15 is 0 Å². The summed E-state index contributed by atoms with van der Waals surface area (Å²) in [6, 6.07) is 5.83. The predicted octanol–water partition coefficient (Wildman–Crippen LogP) is 1.59. The SMILES string of the molecule is C#CCC(C(=O)O)N1C(=C)c2ccccc2C1=O. The molecule has 1 unspecified atom stereocenters. The van der Waals surface area contributed by atoms with Gasteiger partial charge in [0, 0.05) is 23.2 Å². The van der Waals surface area contributed by atoms with Crippen molar-refractivity contribution in [1.82, 2.24) is 4.90 Å². The Hall–Kier alpha value is -2.54. The van der Waals surface area contributed by atoms with E-state index in [2.05, 4.69) is 12.5 Å². The highest BCUT2D eigenvalue weighted by Gasteiger charge is 2.38. The summed E-state index contributed by atoms with van der Waals surface area (Å²) in [5, 5.41) is 9.15. The van der Waals surface area contributed by atoms with Crippen LogP contribution in [0, 0.1) is 12.3 Å². The molecule has 0 spiro atoms. The maximum Gasteiger partial charge on any atom is 0.327 e. The number of carboxylic acids is 1. The summed E-state index contributed by atoms with van der Waals surface area (Å²) < 4.78 is 0. The van der Waals surface area contributed by atoms with E-state index in [1.54, 1.807) is 24.3 Å². The van der Waals surface area contributed by atoms with Gasteiger partial charge in [-0.1, -0.05) is 24.8 Å². The van der Waals surface area contributed by atoms with Crippen LogP contribution in [0.15, 0.2) is 30.8 Å². The lowest BCUT2D eigenvalue weighted by atomic mass is 10.1. The molecule has 0 aliphatic carbocycles. The van der Waals surface area contributed by atoms with E-state index in [4.69, 9.17) is 11.5 Å². The lowest BCUT2D eigenvalue weighted by molar-refractivity contribution is -0.141. The largest absolute Gasteiger partial charge is 0.480 e. The minimum atomic E-state index is -1.13. The van der Waals surface area contributed by atoms with E-state index in [-0.39, 0.29) is 12.3 Å². The molecule has 0 saturated carbocycles. The number of amides is 1. The van der Waals surface area contributed by atoms with E-state index in [1.807, 2.05) is 0 Å². The lowest BCUT2D eigenvalue weighted by Crippen LogP contribution is -2.40. The zero-order chi connectivity index (χ0) is 13.3. The summed E-state index contributed by atoms with van der Waals surface area (Å²) in [6.45, 7) is 3.79. The van der Waals surface area contributed by atoms with Crippen molar-refractivity contribution in [2.24, 2.45) is 0 Å². The molecule has 1 heterocycles. The second kappa shape index (κ2) is 4.38. The fourth-order valence-electron chi connectivity index (χ4n) is 2.03. The maximum atomic E-state index is 12.2. The van der Waals surface area contributed by atoms with Gasteiger partial charge < -0.3 is 5.11 Å². The molecule has 1 atom stereocenters. The summed E-state index contributed by atoms with van der Waals surface area (Å²) in [5.74, 6) is 0.786. The molecule has 1 aromatic rings. The number of benzene rings is 1. The number of rotatable bonds is 3. The second-order valence-electron chi connectivity index (χ2n) is 3.93. The highest BCUT2D eigenvalue weighted by Crippen LogP contribution is 2.33. The molecule has 90 valence electrons. The van der Waals surface area contributed by atoms with Crippen molar-refractivity contribution in [1.29, 1.82) is 0 Å². The smallest absolute Gasteiger partial charge is 0.327 e. The third kappa shape index (κ3) is 1.66. The van der Waals surface area contributed by atoms with Crippen LogP contribution >= 0.6 is 0 Å². The highest BCUT2D eigenvalue weighted by molar-refractivity contribution is 6.10. The number of hydrogen-bond acceptors (Lipinski definition) is 2. The van der Waals surface area contributed by atoms with Gasteiger partial charge in [0.25, 0.3) is 5.91 Å². The molecule has 0 fully saturated rings. The average Bonchev–Trinajstić information content (AvgIpc) is 2.60. The molecule has 2 rings (SSSR count). The minimum absolute atomic E-state index is 0.0475. The Bertz CT molecular complexity index is 548. The third-order valence-corrected chi connectivity index (χ3v) is 2.89. The number of carbonyl (C=O) groups is 2. The number of carbonyl (C=O) groups excluding carboxylic acids is 1. The molecule has 1 amide bonds. The molecule has 1 aliphatic heterocycles. The van der Waals surface area contributed by atoms with E-state index in [0.29, 0.717) is 16.8 Å². The number of terminal acetylenes is 1. The molecule has 0 bridgehead atoms. The fraction of sp³-hybridized carbons (Fsp3) is 0.143. The number of nitrogens with zero attached hydrogens (tertiary/aromatic N) is 1. The van der Waals surface area contributed by atoms with Gasteiger partial charge in [-0.05, 0) is 6.07 Å². The molecule has 4 nitrogen and oxygen atoms in total. The van der Waals surface area contributed by atoms with E-state index in [0.717, 1.165) is 4.90 Å². The summed E-state index contributed by atoms with van der Waals surface area (Å²) >= 11 is 0. The van der Waals surface area contributed by atoms with Crippen molar-refractivity contribution in [3.05, 3.63) is 42.0 Å². The molecule has 1 aliphatic rings. The van der Waals surface area contributed by atoms with Crippen molar-refractivity contribution in [3.8, 4) is 12.3 Å². The van der Waals surface area contributed by atoms with Crippen LogP contribution in [0.5, 0.6) is 0 Å². The molecule has 4 heteroatoms. The zero-order valence-corrected chi connectivity index (χ0v) is 9.59. The number of carboxylic acid groups (broad SMARTS) is 1. The quantitative estimate of drug-likeness (QED) is 0.817. The van der Waals surface area contributed by atoms with Crippen molar-refractivity contribution < 1.29 is 14.7 Å². The van der Waals surface area contributed by atoms with E-state index in [1.165, 1.54) is 0 Å². The average molecular weight is 241 g/mol. The first-order valence-corrected chi connectivity index (χ1v) is 5.36. The summed E-state index contributed by atoms with van der Waals surface area (Å²) in [6.07, 6.45) is 5.10. The van der Waals surface area contributed by atoms with Gasteiger partial charge >= 0.3 is 5.97 Å². The summed E-state index contributed by atoms with van der Waals surface area (Å²) in [5.41, 5.74) is 1.51. The van der Waals surface area contributed by atoms with Gasteiger partial charge in [-0.3, -0.25) is 9.69 Å². The topological polar surface area (TPSA) is 57.6 Å². The molecular formula is C14H11NO3. The predicted molar refractivity (Wildman–Crippen MR) is 66.5 cm³/mol. The third-order valence-electron chi connectivity index (χ3n) is 2.89. The van der Waals surface area contributed by atoms with Crippen LogP contribution < -0.4 is 0 Å². The Balaban J connectivity index is 2.45. The number of hydrogen-bond donors (Lipinski definition) is 1. The molecule has 0 saturated heterocycles. The van der Waals surface area contributed by atoms with Gasteiger partial charge in [0.05, 0.1) is 0 Å². The molecular weight excluding hydrogens is 230 g/mol. The molecule has 0 radical (unpaired) electrons. The van der Waals surface area contributed by atoms with Gasteiger partial charge in [0.15, 0.2) is 0 Å². The molecule has 0 aromatic heterocycles. The van der Waals surface area contributed by atoms with Crippen LogP contribution in [0.2, 0.25) is 0 Å². The monoisotopic (exact) mass is 241 g/mol. The van der Waals surface area contributed by atoms with Crippen molar-refractivity contribution in [3.63, 3.8) is 0 Å². The fourth-order valence-corrected chi connectivity index (χ4v) is 2.03. The van der Waals surface area contributed by atoms with E-state index < -0.39 is 12.0 Å². The van der Waals surface area contributed by atoms with E-state index in [9.17, 15) is 9.59 Å². The minimum Gasteiger partial charge on any atom is -0.480 e. The first-order chi connectivity index (χ1) is 8.57. The van der Waals surface area contributed by atoms with Crippen molar-refractivity contribution >= 4 is 17.6 Å². The molecule has 18 heavy (non-hydrogen) atoms. The number of fused-ring (bicyclic) bond motifs is 1. The standard InChI is InChI=1S/C14H11NO3/c1-3-6-12(14(17)18)15-9(2)10-7-4-5-8-11(10)13(15)16/h1,4-5,7-8,12H,2,6H2,(H,17,18). The Morgan fingerprint density at radius 2 is 2.06 bits per heavy atom. The highest BCUT2D eigenvalue weighted by atomic mass is 16.4. The lowest BCUT2D eigenvalue weighted by Gasteiger charge is -2.23. The Morgan fingerprint density at radius 1 is 1.44 bits per heavy atom. The normalized spacial score (nSPS) is 15.2. The maximum absolute atomic E-state index is 12.2. The first-order valence-electron chi connectivity index (χ1n) is 5.36. The Labute approximate surface area is 105 Å². The van der Waals surface area contributed by atoms with Crippen LogP contribution in [-0.4, -0.2) is 27.9 Å².